The van der Waals surface area contributed by atoms with Crippen LogP contribution < -0.4 is 10.6 Å². The predicted molar refractivity (Wildman–Crippen MR) is 99.3 cm³/mol. The summed E-state index contributed by atoms with van der Waals surface area (Å²) in [6.45, 7) is 6.90. The van der Waals surface area contributed by atoms with Gasteiger partial charge in [0, 0.05) is 22.7 Å². The van der Waals surface area contributed by atoms with Crippen molar-refractivity contribution in [3.05, 3.63) is 30.3 Å². The third-order valence-corrected chi connectivity index (χ3v) is 4.58. The molecule has 1 aliphatic rings. The Labute approximate surface area is 143 Å². The third kappa shape index (κ3) is 5.52. The quantitative estimate of drug-likeness (QED) is 0.432. The van der Waals surface area contributed by atoms with E-state index in [2.05, 4.69) is 54.8 Å². The Bertz CT molecular complexity index is 410. The van der Waals surface area contributed by atoms with Crippen LogP contribution in [0.1, 0.15) is 26.7 Å². The standard InChI is InChI=1S/C15H23N3S.HI/c1-3-16-14(17-4-2)18-12-15(10-11-15)19-13-8-6-5-7-9-13;/h5-9H,3-4,10-12H2,1-2H3,(H2,16,17,18);1H. The monoisotopic (exact) mass is 405 g/mol. The maximum atomic E-state index is 4.71. The van der Waals surface area contributed by atoms with E-state index in [1.54, 1.807) is 0 Å². The average molecular weight is 405 g/mol. The van der Waals surface area contributed by atoms with Gasteiger partial charge in [0.25, 0.3) is 0 Å². The minimum atomic E-state index is 0. The molecule has 0 bridgehead atoms. The number of aliphatic imine (C=N–C) groups is 1. The predicted octanol–water partition coefficient (Wildman–Crippen LogP) is 3.50. The molecule has 3 nitrogen and oxygen atoms in total. The van der Waals surface area contributed by atoms with Gasteiger partial charge in [-0.1, -0.05) is 18.2 Å². The van der Waals surface area contributed by atoms with Crippen LogP contribution in [-0.2, 0) is 0 Å². The minimum absolute atomic E-state index is 0. The van der Waals surface area contributed by atoms with Crippen LogP contribution in [0.4, 0.5) is 0 Å². The van der Waals surface area contributed by atoms with E-state index in [0.29, 0.717) is 4.75 Å². The number of hydrogen-bond donors (Lipinski definition) is 2. The highest BCUT2D eigenvalue weighted by molar-refractivity contribution is 14.0. The fraction of sp³-hybridized carbons (Fsp3) is 0.533. The van der Waals surface area contributed by atoms with Gasteiger partial charge in [-0.15, -0.1) is 35.7 Å². The summed E-state index contributed by atoms with van der Waals surface area (Å²) in [6, 6.07) is 10.6. The first-order valence-electron chi connectivity index (χ1n) is 7.04. The van der Waals surface area contributed by atoms with Gasteiger partial charge in [0.15, 0.2) is 5.96 Å². The largest absolute Gasteiger partial charge is 0.357 e. The summed E-state index contributed by atoms with van der Waals surface area (Å²) < 4.78 is 0.331. The number of rotatable bonds is 6. The summed E-state index contributed by atoms with van der Waals surface area (Å²) in [5.41, 5.74) is 0. The molecule has 0 unspecified atom stereocenters. The Balaban J connectivity index is 0.00000200. The van der Waals surface area contributed by atoms with E-state index in [9.17, 15) is 0 Å². The van der Waals surface area contributed by atoms with Gasteiger partial charge in [-0.25, -0.2) is 0 Å². The van der Waals surface area contributed by atoms with Gasteiger partial charge in [-0.2, -0.15) is 0 Å². The summed E-state index contributed by atoms with van der Waals surface area (Å²) >= 11 is 1.97. The summed E-state index contributed by atoms with van der Waals surface area (Å²) in [7, 11) is 0. The van der Waals surface area contributed by atoms with Gasteiger partial charge in [-0.05, 0) is 38.8 Å². The topological polar surface area (TPSA) is 36.4 Å². The fourth-order valence-corrected chi connectivity index (χ4v) is 3.13. The van der Waals surface area contributed by atoms with Crippen molar-refractivity contribution in [2.45, 2.75) is 36.3 Å². The highest BCUT2D eigenvalue weighted by Gasteiger charge is 2.43. The molecule has 1 saturated carbocycles. The molecule has 2 rings (SSSR count). The first-order chi connectivity index (χ1) is 9.28. The maximum absolute atomic E-state index is 4.71. The molecule has 2 N–H and O–H groups in total. The van der Waals surface area contributed by atoms with Crippen molar-refractivity contribution in [1.82, 2.24) is 10.6 Å². The Hall–Kier alpha value is -0.430. The van der Waals surface area contributed by atoms with E-state index < -0.39 is 0 Å². The van der Waals surface area contributed by atoms with E-state index in [1.807, 2.05) is 11.8 Å². The van der Waals surface area contributed by atoms with Crippen molar-refractivity contribution < 1.29 is 0 Å². The van der Waals surface area contributed by atoms with Crippen LogP contribution in [0.5, 0.6) is 0 Å². The van der Waals surface area contributed by atoms with E-state index in [0.717, 1.165) is 25.6 Å². The lowest BCUT2D eigenvalue weighted by atomic mass is 10.4. The van der Waals surface area contributed by atoms with E-state index >= 15 is 0 Å². The van der Waals surface area contributed by atoms with Gasteiger partial charge < -0.3 is 10.6 Å². The van der Waals surface area contributed by atoms with E-state index in [1.165, 1.54) is 17.7 Å². The Kier molecular flexibility index (Phi) is 7.72. The lowest BCUT2D eigenvalue weighted by Crippen LogP contribution is -2.37. The molecule has 5 heteroatoms. The zero-order valence-electron chi connectivity index (χ0n) is 12.2. The van der Waals surface area contributed by atoms with Crippen LogP contribution >= 0.6 is 35.7 Å². The number of thioether (sulfide) groups is 1. The van der Waals surface area contributed by atoms with Crippen LogP contribution in [0.2, 0.25) is 0 Å². The second-order valence-corrected chi connectivity index (χ2v) is 6.37. The number of halogens is 1. The number of nitrogens with zero attached hydrogens (tertiary/aromatic N) is 1. The van der Waals surface area contributed by atoms with Crippen molar-refractivity contribution in [2.75, 3.05) is 19.6 Å². The molecule has 0 aliphatic heterocycles. The van der Waals surface area contributed by atoms with Gasteiger partial charge in [0.2, 0.25) is 0 Å². The first kappa shape index (κ1) is 17.6. The molecule has 0 amide bonds. The van der Waals surface area contributed by atoms with Crippen LogP contribution in [-0.4, -0.2) is 30.3 Å². The van der Waals surface area contributed by atoms with E-state index in [-0.39, 0.29) is 24.0 Å². The molecule has 0 atom stereocenters. The van der Waals surface area contributed by atoms with Crippen molar-refractivity contribution in [1.29, 1.82) is 0 Å². The molecule has 0 saturated heterocycles. The van der Waals surface area contributed by atoms with Crippen molar-refractivity contribution in [2.24, 2.45) is 4.99 Å². The molecule has 1 aliphatic carbocycles. The second kappa shape index (κ2) is 8.77. The molecule has 1 aromatic carbocycles. The highest BCUT2D eigenvalue weighted by Crippen LogP contribution is 2.51. The zero-order valence-corrected chi connectivity index (χ0v) is 15.3. The molecule has 0 heterocycles. The maximum Gasteiger partial charge on any atom is 0.191 e. The number of hydrogen-bond acceptors (Lipinski definition) is 2. The normalized spacial score (nSPS) is 14.9. The SMILES string of the molecule is CCNC(=NCC1(Sc2ccccc2)CC1)NCC.I. The fourth-order valence-electron chi connectivity index (χ4n) is 1.90. The molecule has 0 radical (unpaired) electrons. The molecule has 112 valence electrons. The Morgan fingerprint density at radius 2 is 1.75 bits per heavy atom. The molecule has 20 heavy (non-hydrogen) atoms. The number of nitrogens with one attached hydrogen (secondary N) is 2. The summed E-state index contributed by atoms with van der Waals surface area (Å²) in [4.78, 5) is 6.06. The Morgan fingerprint density at radius 3 is 2.25 bits per heavy atom. The van der Waals surface area contributed by atoms with Crippen molar-refractivity contribution in [3.8, 4) is 0 Å². The summed E-state index contributed by atoms with van der Waals surface area (Å²) in [6.07, 6.45) is 2.53. The first-order valence-corrected chi connectivity index (χ1v) is 7.86. The lowest BCUT2D eigenvalue weighted by Gasteiger charge is -2.14. The zero-order chi connectivity index (χ0) is 13.6. The summed E-state index contributed by atoms with van der Waals surface area (Å²) in [5.74, 6) is 0.935. The van der Waals surface area contributed by atoms with Crippen LogP contribution in [0.25, 0.3) is 0 Å². The van der Waals surface area contributed by atoms with Gasteiger partial charge in [-0.3, -0.25) is 4.99 Å². The Morgan fingerprint density at radius 1 is 1.15 bits per heavy atom. The summed E-state index contributed by atoms with van der Waals surface area (Å²) in [5, 5.41) is 6.55. The van der Waals surface area contributed by atoms with Gasteiger partial charge in [0.1, 0.15) is 0 Å². The smallest absolute Gasteiger partial charge is 0.191 e. The van der Waals surface area contributed by atoms with Crippen LogP contribution in [0.15, 0.2) is 40.2 Å². The molecular weight excluding hydrogens is 381 g/mol. The van der Waals surface area contributed by atoms with Crippen molar-refractivity contribution >= 4 is 41.7 Å². The minimum Gasteiger partial charge on any atom is -0.357 e. The average Bonchev–Trinajstić information content (AvgIpc) is 3.18. The lowest BCUT2D eigenvalue weighted by molar-refractivity contribution is 0.818. The van der Waals surface area contributed by atoms with Crippen LogP contribution in [0, 0.1) is 0 Å². The second-order valence-electron chi connectivity index (χ2n) is 4.82. The van der Waals surface area contributed by atoms with Gasteiger partial charge in [0.05, 0.1) is 6.54 Å². The number of guanidine groups is 1. The molecular formula is C15H24IN3S. The number of benzene rings is 1. The van der Waals surface area contributed by atoms with Crippen LogP contribution in [0.3, 0.4) is 0 Å². The third-order valence-electron chi connectivity index (χ3n) is 3.10. The van der Waals surface area contributed by atoms with Crippen molar-refractivity contribution in [3.63, 3.8) is 0 Å². The highest BCUT2D eigenvalue weighted by atomic mass is 127. The van der Waals surface area contributed by atoms with E-state index in [4.69, 9.17) is 4.99 Å². The molecule has 0 spiro atoms. The molecule has 1 aromatic rings. The van der Waals surface area contributed by atoms with Gasteiger partial charge >= 0.3 is 0 Å². The molecule has 1 fully saturated rings. The molecule has 0 aromatic heterocycles.